The van der Waals surface area contributed by atoms with Crippen molar-refractivity contribution in [3.63, 3.8) is 0 Å². The van der Waals surface area contributed by atoms with Crippen molar-refractivity contribution >= 4 is 29.1 Å². The standard InChI is InChI=1S/C15H13ClN4OS/c16-11-6-2-1-4-9(11)8-22-15-18-14-17-12-7-3-5-10(12)13(21)20(14)19-15/h1-2,4,6H,3,5,7-8H2,(H,17,18,19). The first kappa shape index (κ1) is 13.8. The molecule has 0 amide bonds. The number of H-pyrrole nitrogens is 1. The predicted octanol–water partition coefficient (Wildman–Crippen LogP) is 2.85. The van der Waals surface area contributed by atoms with Crippen molar-refractivity contribution in [2.45, 2.75) is 30.2 Å². The van der Waals surface area contributed by atoms with Gasteiger partial charge in [0.05, 0.1) is 5.69 Å². The van der Waals surface area contributed by atoms with Gasteiger partial charge in [0.2, 0.25) is 0 Å². The van der Waals surface area contributed by atoms with Crippen molar-refractivity contribution in [3.05, 3.63) is 56.5 Å². The van der Waals surface area contributed by atoms with Gasteiger partial charge in [0.25, 0.3) is 11.3 Å². The van der Waals surface area contributed by atoms with Crippen LogP contribution in [0.15, 0.2) is 34.2 Å². The highest BCUT2D eigenvalue weighted by Gasteiger charge is 2.19. The van der Waals surface area contributed by atoms with Gasteiger partial charge >= 0.3 is 0 Å². The molecule has 3 aromatic rings. The molecule has 1 aliphatic carbocycles. The van der Waals surface area contributed by atoms with Gasteiger partial charge < -0.3 is 0 Å². The van der Waals surface area contributed by atoms with E-state index in [4.69, 9.17) is 11.6 Å². The monoisotopic (exact) mass is 332 g/mol. The van der Waals surface area contributed by atoms with Crippen LogP contribution in [0.25, 0.3) is 5.78 Å². The maximum absolute atomic E-state index is 12.4. The third-order valence-electron chi connectivity index (χ3n) is 3.82. The summed E-state index contributed by atoms with van der Waals surface area (Å²) in [5.41, 5.74) is 2.75. The highest BCUT2D eigenvalue weighted by Crippen LogP contribution is 2.25. The van der Waals surface area contributed by atoms with Gasteiger partial charge in [-0.1, -0.05) is 41.6 Å². The molecule has 0 radical (unpaired) electrons. The number of halogens is 1. The number of fused-ring (bicyclic) bond motifs is 2. The number of aryl methyl sites for hydroxylation is 1. The van der Waals surface area contributed by atoms with Crippen LogP contribution in [-0.4, -0.2) is 19.6 Å². The molecule has 1 aromatic carbocycles. The summed E-state index contributed by atoms with van der Waals surface area (Å²) in [6.07, 6.45) is 2.68. The Hall–Kier alpha value is -1.79. The third kappa shape index (κ3) is 2.32. The molecule has 2 aromatic heterocycles. The zero-order valence-corrected chi connectivity index (χ0v) is 13.2. The lowest BCUT2D eigenvalue weighted by atomic mass is 10.2. The van der Waals surface area contributed by atoms with Crippen molar-refractivity contribution in [1.82, 2.24) is 19.6 Å². The molecule has 5 nitrogen and oxygen atoms in total. The highest BCUT2D eigenvalue weighted by atomic mass is 35.5. The second-order valence-electron chi connectivity index (χ2n) is 5.24. The summed E-state index contributed by atoms with van der Waals surface area (Å²) in [4.78, 5) is 21.3. The molecule has 0 atom stereocenters. The van der Waals surface area contributed by atoms with Gasteiger partial charge in [0, 0.05) is 16.3 Å². The van der Waals surface area contributed by atoms with Crippen LogP contribution < -0.4 is 5.56 Å². The zero-order chi connectivity index (χ0) is 15.1. The molecule has 4 rings (SSSR count). The van der Waals surface area contributed by atoms with E-state index in [1.165, 1.54) is 16.3 Å². The van der Waals surface area contributed by atoms with Crippen molar-refractivity contribution < 1.29 is 0 Å². The number of hydrogen-bond acceptors (Lipinski definition) is 4. The molecule has 0 fully saturated rings. The number of hydrogen-bond donors (Lipinski definition) is 1. The number of aromatic nitrogens is 4. The summed E-state index contributed by atoms with van der Waals surface area (Å²) < 4.78 is 1.44. The Morgan fingerprint density at radius 2 is 2.14 bits per heavy atom. The average molecular weight is 333 g/mol. The second-order valence-corrected chi connectivity index (χ2v) is 6.61. The first-order chi connectivity index (χ1) is 10.7. The fourth-order valence-corrected chi connectivity index (χ4v) is 3.82. The molecule has 0 unspecified atom stereocenters. The van der Waals surface area contributed by atoms with E-state index in [1.54, 1.807) is 0 Å². The minimum absolute atomic E-state index is 0.0189. The maximum Gasteiger partial charge on any atom is 0.277 e. The van der Waals surface area contributed by atoms with E-state index < -0.39 is 0 Å². The molecule has 2 heterocycles. The summed E-state index contributed by atoms with van der Waals surface area (Å²) >= 11 is 7.66. The Balaban J connectivity index is 1.65. The molecule has 22 heavy (non-hydrogen) atoms. The van der Waals surface area contributed by atoms with Crippen molar-refractivity contribution in [1.29, 1.82) is 0 Å². The van der Waals surface area contributed by atoms with Crippen LogP contribution >= 0.6 is 23.4 Å². The van der Waals surface area contributed by atoms with Gasteiger partial charge in [0.15, 0.2) is 5.16 Å². The van der Waals surface area contributed by atoms with E-state index in [2.05, 4.69) is 15.1 Å². The van der Waals surface area contributed by atoms with Crippen LogP contribution in [0.1, 0.15) is 23.2 Å². The lowest BCUT2D eigenvalue weighted by Gasteiger charge is -2.01. The molecule has 7 heteroatoms. The van der Waals surface area contributed by atoms with Gasteiger partial charge in [-0.15, -0.1) is 0 Å². The lowest BCUT2D eigenvalue weighted by molar-refractivity contribution is 0.832. The van der Waals surface area contributed by atoms with Crippen molar-refractivity contribution in [2.24, 2.45) is 0 Å². The Morgan fingerprint density at radius 3 is 3.00 bits per heavy atom. The minimum atomic E-state index is -0.0189. The molecule has 0 saturated carbocycles. The summed E-state index contributed by atoms with van der Waals surface area (Å²) in [6.45, 7) is 0. The second kappa shape index (κ2) is 5.44. The van der Waals surface area contributed by atoms with E-state index in [0.717, 1.165) is 41.1 Å². The van der Waals surface area contributed by atoms with Gasteiger partial charge in [-0.25, -0.2) is 4.98 Å². The normalized spacial score (nSPS) is 13.7. The number of benzene rings is 1. The molecule has 0 spiro atoms. The molecule has 1 aliphatic rings. The SMILES string of the molecule is O=c1c2c(nc3nc(SCc4ccccc4Cl)[nH]n13)CCC2. The molecule has 112 valence electrons. The summed E-state index contributed by atoms with van der Waals surface area (Å²) in [7, 11) is 0. The summed E-state index contributed by atoms with van der Waals surface area (Å²) in [5, 5.41) is 4.44. The topological polar surface area (TPSA) is 63.0 Å². The third-order valence-corrected chi connectivity index (χ3v) is 5.10. The van der Waals surface area contributed by atoms with E-state index in [-0.39, 0.29) is 5.56 Å². The lowest BCUT2D eigenvalue weighted by Crippen LogP contribution is -2.20. The van der Waals surface area contributed by atoms with Crippen LogP contribution in [-0.2, 0) is 18.6 Å². The van der Waals surface area contributed by atoms with Crippen molar-refractivity contribution in [2.75, 3.05) is 0 Å². The minimum Gasteiger partial charge on any atom is -0.267 e. The quantitative estimate of drug-likeness (QED) is 0.749. The number of nitrogens with zero attached hydrogens (tertiary/aromatic N) is 3. The van der Waals surface area contributed by atoms with Gasteiger partial charge in [-0.05, 0) is 30.9 Å². The number of aromatic amines is 1. The summed E-state index contributed by atoms with van der Waals surface area (Å²) in [6, 6.07) is 7.71. The molecule has 0 aliphatic heterocycles. The van der Waals surface area contributed by atoms with Crippen LogP contribution in [0, 0.1) is 0 Å². The molecule has 1 N–H and O–H groups in total. The Labute approximate surface area is 135 Å². The van der Waals surface area contributed by atoms with Gasteiger partial charge in [-0.3, -0.25) is 9.89 Å². The van der Waals surface area contributed by atoms with Crippen LogP contribution in [0.4, 0.5) is 0 Å². The Morgan fingerprint density at radius 1 is 1.27 bits per heavy atom. The largest absolute Gasteiger partial charge is 0.277 e. The molecular weight excluding hydrogens is 320 g/mol. The number of rotatable bonds is 3. The van der Waals surface area contributed by atoms with Crippen LogP contribution in [0.2, 0.25) is 5.02 Å². The first-order valence-corrected chi connectivity index (χ1v) is 8.45. The van der Waals surface area contributed by atoms with Gasteiger partial charge in [0.1, 0.15) is 0 Å². The van der Waals surface area contributed by atoms with E-state index >= 15 is 0 Å². The predicted molar refractivity (Wildman–Crippen MR) is 86.6 cm³/mol. The van der Waals surface area contributed by atoms with Gasteiger partial charge in [-0.2, -0.15) is 9.50 Å². The smallest absolute Gasteiger partial charge is 0.267 e. The van der Waals surface area contributed by atoms with E-state index in [0.29, 0.717) is 16.7 Å². The number of thioether (sulfide) groups is 1. The first-order valence-electron chi connectivity index (χ1n) is 7.09. The summed E-state index contributed by atoms with van der Waals surface area (Å²) in [5.74, 6) is 1.14. The van der Waals surface area contributed by atoms with Crippen LogP contribution in [0.5, 0.6) is 0 Å². The highest BCUT2D eigenvalue weighted by molar-refractivity contribution is 7.98. The van der Waals surface area contributed by atoms with Crippen molar-refractivity contribution in [3.8, 4) is 0 Å². The van der Waals surface area contributed by atoms with E-state index in [9.17, 15) is 4.79 Å². The molecule has 0 bridgehead atoms. The van der Waals surface area contributed by atoms with Crippen LogP contribution in [0.3, 0.4) is 0 Å². The fraction of sp³-hybridized carbons (Fsp3) is 0.267. The molecular formula is C15H13ClN4OS. The Kier molecular flexibility index (Phi) is 3.43. The fourth-order valence-electron chi connectivity index (χ4n) is 2.69. The average Bonchev–Trinajstić information content (AvgIpc) is 3.13. The maximum atomic E-state index is 12.4. The number of nitrogens with one attached hydrogen (secondary N) is 1. The van der Waals surface area contributed by atoms with E-state index in [1.807, 2.05) is 24.3 Å². The Bertz CT molecular complexity index is 918. The zero-order valence-electron chi connectivity index (χ0n) is 11.7. The molecule has 0 saturated heterocycles.